The fourth-order valence-corrected chi connectivity index (χ4v) is 4.05. The van der Waals surface area contributed by atoms with Crippen LogP contribution in [-0.4, -0.2) is 56.1 Å². The minimum absolute atomic E-state index is 0.0306. The predicted octanol–water partition coefficient (Wildman–Crippen LogP) is 2.64. The lowest BCUT2D eigenvalue weighted by molar-refractivity contribution is -0.122. The summed E-state index contributed by atoms with van der Waals surface area (Å²) in [4.78, 5) is 31.4. The summed E-state index contributed by atoms with van der Waals surface area (Å²) in [5.74, 6) is 0.165. The molecule has 8 heteroatoms. The standard InChI is InChI=1S/C23H28N6O2/c1-17-4-6-19(7-5-17)22-20(14-26-27-22)23(31)29-10-2-3-18(15-29)13-21(30)25-9-12-28-11-8-24-16-28/h4-8,11,14,16,18H,2-3,9-10,12-13,15H2,1H3,(H,25,30)(H,26,27)/t18-/m0/s1. The molecule has 1 saturated heterocycles. The molecule has 0 unspecified atom stereocenters. The molecule has 0 spiro atoms. The van der Waals surface area contributed by atoms with Crippen LogP contribution in [0.3, 0.4) is 0 Å². The van der Waals surface area contributed by atoms with Crippen LogP contribution in [0.2, 0.25) is 0 Å². The summed E-state index contributed by atoms with van der Waals surface area (Å²) in [5.41, 5.74) is 3.43. The quantitative estimate of drug-likeness (QED) is 0.614. The van der Waals surface area contributed by atoms with Crippen molar-refractivity contribution in [2.45, 2.75) is 32.7 Å². The number of aromatic amines is 1. The van der Waals surface area contributed by atoms with Gasteiger partial charge >= 0.3 is 0 Å². The van der Waals surface area contributed by atoms with Crippen LogP contribution in [0.1, 0.15) is 35.2 Å². The maximum absolute atomic E-state index is 13.2. The summed E-state index contributed by atoms with van der Waals surface area (Å²) in [6.07, 6.45) is 9.22. The van der Waals surface area contributed by atoms with Gasteiger partial charge in [0.2, 0.25) is 5.91 Å². The molecule has 2 amide bonds. The average molecular weight is 421 g/mol. The highest BCUT2D eigenvalue weighted by atomic mass is 16.2. The van der Waals surface area contributed by atoms with E-state index in [4.69, 9.17) is 0 Å². The Balaban J connectivity index is 1.33. The first kappa shape index (κ1) is 20.8. The normalized spacial score (nSPS) is 16.3. The Morgan fingerprint density at radius 1 is 1.26 bits per heavy atom. The lowest BCUT2D eigenvalue weighted by Crippen LogP contribution is -2.41. The Hall–Kier alpha value is -3.42. The number of aryl methyl sites for hydroxylation is 1. The molecule has 0 saturated carbocycles. The van der Waals surface area contributed by atoms with Gasteiger partial charge in [-0.25, -0.2) is 4.98 Å². The van der Waals surface area contributed by atoms with Gasteiger partial charge in [0, 0.05) is 50.6 Å². The largest absolute Gasteiger partial charge is 0.354 e. The Kier molecular flexibility index (Phi) is 6.45. The van der Waals surface area contributed by atoms with Gasteiger partial charge in [0.25, 0.3) is 5.91 Å². The van der Waals surface area contributed by atoms with E-state index in [1.165, 1.54) is 5.56 Å². The van der Waals surface area contributed by atoms with E-state index in [1.54, 1.807) is 18.7 Å². The maximum Gasteiger partial charge on any atom is 0.257 e. The first-order chi connectivity index (χ1) is 15.1. The van der Waals surface area contributed by atoms with Gasteiger partial charge in [0.1, 0.15) is 0 Å². The van der Waals surface area contributed by atoms with Crippen LogP contribution >= 0.6 is 0 Å². The molecule has 162 valence electrons. The van der Waals surface area contributed by atoms with Gasteiger partial charge in [-0.15, -0.1) is 0 Å². The average Bonchev–Trinajstić information content (AvgIpc) is 3.46. The van der Waals surface area contributed by atoms with Crippen molar-refractivity contribution in [1.82, 2.24) is 30.0 Å². The summed E-state index contributed by atoms with van der Waals surface area (Å²) < 4.78 is 1.93. The van der Waals surface area contributed by atoms with Gasteiger partial charge in [0.05, 0.1) is 23.8 Å². The molecule has 2 N–H and O–H groups in total. The lowest BCUT2D eigenvalue weighted by Gasteiger charge is -2.32. The van der Waals surface area contributed by atoms with E-state index in [0.29, 0.717) is 38.2 Å². The van der Waals surface area contributed by atoms with Gasteiger partial charge in [-0.2, -0.15) is 5.10 Å². The third-order valence-electron chi connectivity index (χ3n) is 5.74. The maximum atomic E-state index is 13.2. The van der Waals surface area contributed by atoms with Gasteiger partial charge < -0.3 is 14.8 Å². The number of nitrogens with zero attached hydrogens (tertiary/aromatic N) is 4. The van der Waals surface area contributed by atoms with E-state index in [0.717, 1.165) is 24.1 Å². The number of H-pyrrole nitrogens is 1. The molecule has 1 aromatic carbocycles. The topological polar surface area (TPSA) is 95.9 Å². The molecule has 1 atom stereocenters. The summed E-state index contributed by atoms with van der Waals surface area (Å²) in [6, 6.07) is 8.03. The lowest BCUT2D eigenvalue weighted by atomic mass is 9.93. The predicted molar refractivity (Wildman–Crippen MR) is 117 cm³/mol. The summed E-state index contributed by atoms with van der Waals surface area (Å²) in [6.45, 7) is 4.59. The van der Waals surface area contributed by atoms with Crippen molar-refractivity contribution < 1.29 is 9.59 Å². The van der Waals surface area contributed by atoms with Crippen LogP contribution < -0.4 is 5.32 Å². The molecule has 31 heavy (non-hydrogen) atoms. The van der Waals surface area contributed by atoms with Gasteiger partial charge in [-0.3, -0.25) is 14.7 Å². The molecule has 1 aliphatic rings. The molecule has 0 radical (unpaired) electrons. The smallest absolute Gasteiger partial charge is 0.257 e. The van der Waals surface area contributed by atoms with Crippen molar-refractivity contribution in [1.29, 1.82) is 0 Å². The van der Waals surface area contributed by atoms with Crippen molar-refractivity contribution in [2.24, 2.45) is 5.92 Å². The summed E-state index contributed by atoms with van der Waals surface area (Å²) in [7, 11) is 0. The van der Waals surface area contributed by atoms with E-state index in [-0.39, 0.29) is 17.7 Å². The minimum Gasteiger partial charge on any atom is -0.354 e. The molecule has 0 aliphatic carbocycles. The molecule has 8 nitrogen and oxygen atoms in total. The number of imidazole rings is 1. The highest BCUT2D eigenvalue weighted by Crippen LogP contribution is 2.26. The van der Waals surface area contributed by atoms with Crippen LogP contribution in [0.5, 0.6) is 0 Å². The van der Waals surface area contributed by atoms with Crippen LogP contribution in [0.25, 0.3) is 11.3 Å². The number of benzene rings is 1. The van der Waals surface area contributed by atoms with Crippen LogP contribution in [-0.2, 0) is 11.3 Å². The number of carbonyl (C=O) groups excluding carboxylic acids is 2. The van der Waals surface area contributed by atoms with Crippen LogP contribution in [0, 0.1) is 12.8 Å². The highest BCUT2D eigenvalue weighted by Gasteiger charge is 2.28. The van der Waals surface area contributed by atoms with Crippen molar-refractivity contribution in [3.8, 4) is 11.3 Å². The number of nitrogens with one attached hydrogen (secondary N) is 2. The Bertz CT molecular complexity index is 1010. The number of aromatic nitrogens is 4. The molecular weight excluding hydrogens is 392 g/mol. The number of hydrogen-bond acceptors (Lipinski definition) is 4. The van der Waals surface area contributed by atoms with Gasteiger partial charge in [-0.1, -0.05) is 29.8 Å². The van der Waals surface area contributed by atoms with E-state index in [2.05, 4.69) is 20.5 Å². The van der Waals surface area contributed by atoms with E-state index >= 15 is 0 Å². The fourth-order valence-electron chi connectivity index (χ4n) is 4.05. The molecule has 3 aromatic rings. The van der Waals surface area contributed by atoms with Gasteiger partial charge in [0.15, 0.2) is 0 Å². The van der Waals surface area contributed by atoms with Crippen molar-refractivity contribution in [2.75, 3.05) is 19.6 Å². The number of hydrogen-bond donors (Lipinski definition) is 2. The van der Waals surface area contributed by atoms with Crippen LogP contribution in [0.15, 0.2) is 49.2 Å². The zero-order valence-corrected chi connectivity index (χ0v) is 17.8. The second kappa shape index (κ2) is 9.59. The van der Waals surface area contributed by atoms with E-state index in [1.807, 2.05) is 46.9 Å². The fraction of sp³-hybridized carbons (Fsp3) is 0.391. The third-order valence-corrected chi connectivity index (χ3v) is 5.74. The highest BCUT2D eigenvalue weighted by molar-refractivity contribution is 5.99. The number of piperidine rings is 1. The van der Waals surface area contributed by atoms with Crippen molar-refractivity contribution in [3.05, 3.63) is 60.3 Å². The zero-order valence-electron chi connectivity index (χ0n) is 17.8. The molecular formula is C23H28N6O2. The Morgan fingerprint density at radius 3 is 2.87 bits per heavy atom. The van der Waals surface area contributed by atoms with E-state index < -0.39 is 0 Å². The first-order valence-electron chi connectivity index (χ1n) is 10.7. The monoisotopic (exact) mass is 420 g/mol. The third kappa shape index (κ3) is 5.20. The molecule has 4 rings (SSSR count). The Morgan fingerprint density at radius 2 is 2.10 bits per heavy atom. The molecule has 2 aromatic heterocycles. The minimum atomic E-state index is -0.0328. The number of rotatable bonds is 7. The Labute approximate surface area is 181 Å². The zero-order chi connectivity index (χ0) is 21.6. The second-order valence-electron chi connectivity index (χ2n) is 8.14. The van der Waals surface area contributed by atoms with Crippen LogP contribution in [0.4, 0.5) is 0 Å². The second-order valence-corrected chi connectivity index (χ2v) is 8.14. The molecule has 1 aliphatic heterocycles. The summed E-state index contributed by atoms with van der Waals surface area (Å²) >= 11 is 0. The SMILES string of the molecule is Cc1ccc(-c2[nH]ncc2C(=O)N2CCC[C@@H](CC(=O)NCCn3ccnc3)C2)cc1. The van der Waals surface area contributed by atoms with Gasteiger partial charge in [-0.05, 0) is 25.7 Å². The van der Waals surface area contributed by atoms with Crippen molar-refractivity contribution >= 4 is 11.8 Å². The number of amides is 2. The number of likely N-dealkylation sites (tertiary alicyclic amines) is 1. The summed E-state index contributed by atoms with van der Waals surface area (Å²) in [5, 5.41) is 10.1. The van der Waals surface area contributed by atoms with E-state index in [9.17, 15) is 9.59 Å². The molecule has 3 heterocycles. The molecule has 1 fully saturated rings. The van der Waals surface area contributed by atoms with Crippen molar-refractivity contribution in [3.63, 3.8) is 0 Å². The first-order valence-corrected chi connectivity index (χ1v) is 10.7. The molecule has 0 bridgehead atoms. The number of carbonyl (C=O) groups is 2.